The average molecular weight is 301 g/mol. The molecule has 0 spiro atoms. The summed E-state index contributed by atoms with van der Waals surface area (Å²) < 4.78 is 0. The number of thiophene rings is 1. The minimum atomic E-state index is 0.339. The Kier molecular flexibility index (Phi) is 4.77. The molecule has 0 saturated heterocycles. The SMILES string of the molecule is CCC(C)c1sc(C(C)(C)CC)c2c1SCCS2. The summed E-state index contributed by atoms with van der Waals surface area (Å²) in [6.07, 6.45) is 2.48. The van der Waals surface area contributed by atoms with Crippen LogP contribution in [0.5, 0.6) is 0 Å². The first kappa shape index (κ1) is 14.8. The lowest BCUT2D eigenvalue weighted by molar-refractivity contribution is 0.507. The van der Waals surface area contributed by atoms with E-state index in [0.29, 0.717) is 5.41 Å². The molecule has 1 unspecified atom stereocenters. The lowest BCUT2D eigenvalue weighted by Crippen LogP contribution is -2.15. The molecule has 18 heavy (non-hydrogen) atoms. The van der Waals surface area contributed by atoms with E-state index >= 15 is 0 Å². The fourth-order valence-electron chi connectivity index (χ4n) is 2.09. The van der Waals surface area contributed by atoms with Gasteiger partial charge in [-0.15, -0.1) is 34.9 Å². The molecule has 0 saturated carbocycles. The molecule has 1 aromatic heterocycles. The molecule has 1 atom stereocenters. The Balaban J connectivity index is 2.51. The number of thioether (sulfide) groups is 2. The largest absolute Gasteiger partial charge is 0.142 e. The van der Waals surface area contributed by atoms with Crippen molar-refractivity contribution in [1.82, 2.24) is 0 Å². The highest BCUT2D eigenvalue weighted by Gasteiger charge is 2.31. The summed E-state index contributed by atoms with van der Waals surface area (Å²) in [7, 11) is 0. The van der Waals surface area contributed by atoms with E-state index in [2.05, 4.69) is 69.5 Å². The summed E-state index contributed by atoms with van der Waals surface area (Å²) in [5, 5.41) is 0. The van der Waals surface area contributed by atoms with E-state index in [9.17, 15) is 0 Å². The van der Waals surface area contributed by atoms with Crippen molar-refractivity contribution in [1.29, 1.82) is 0 Å². The Morgan fingerprint density at radius 2 is 1.72 bits per heavy atom. The van der Waals surface area contributed by atoms with Crippen LogP contribution in [0.1, 0.15) is 63.1 Å². The minimum absolute atomic E-state index is 0.339. The molecule has 0 fully saturated rings. The van der Waals surface area contributed by atoms with Crippen molar-refractivity contribution >= 4 is 34.9 Å². The first-order valence-electron chi connectivity index (χ1n) is 6.94. The highest BCUT2D eigenvalue weighted by Crippen LogP contribution is 2.52. The third kappa shape index (κ3) is 2.64. The molecule has 1 aliphatic heterocycles. The van der Waals surface area contributed by atoms with Crippen molar-refractivity contribution in [2.45, 2.75) is 68.6 Å². The fraction of sp³-hybridized carbons (Fsp3) is 0.733. The summed E-state index contributed by atoms with van der Waals surface area (Å²) in [4.78, 5) is 6.55. The van der Waals surface area contributed by atoms with Gasteiger partial charge in [0, 0.05) is 31.1 Å². The van der Waals surface area contributed by atoms with E-state index in [0.717, 1.165) is 5.92 Å². The first-order chi connectivity index (χ1) is 8.51. The van der Waals surface area contributed by atoms with Gasteiger partial charge in [0.1, 0.15) is 0 Å². The van der Waals surface area contributed by atoms with Crippen molar-refractivity contribution in [2.75, 3.05) is 11.5 Å². The molecule has 0 radical (unpaired) electrons. The van der Waals surface area contributed by atoms with Crippen LogP contribution in [0.3, 0.4) is 0 Å². The summed E-state index contributed by atoms with van der Waals surface area (Å²) >= 11 is 6.29. The van der Waals surface area contributed by atoms with Gasteiger partial charge in [0.15, 0.2) is 0 Å². The molecule has 0 nitrogen and oxygen atoms in total. The molecule has 0 amide bonds. The predicted octanol–water partition coefficient (Wildman–Crippen LogP) is 6.15. The van der Waals surface area contributed by atoms with Crippen LogP contribution < -0.4 is 0 Å². The average Bonchev–Trinajstić information content (AvgIpc) is 2.78. The van der Waals surface area contributed by atoms with Gasteiger partial charge in [-0.25, -0.2) is 0 Å². The Bertz CT molecular complexity index is 418. The molecule has 102 valence electrons. The van der Waals surface area contributed by atoms with Crippen molar-refractivity contribution < 1.29 is 0 Å². The molecule has 1 aromatic rings. The molecule has 0 N–H and O–H groups in total. The monoisotopic (exact) mass is 300 g/mol. The maximum absolute atomic E-state index is 2.40. The van der Waals surface area contributed by atoms with Gasteiger partial charge >= 0.3 is 0 Å². The van der Waals surface area contributed by atoms with E-state index in [4.69, 9.17) is 0 Å². The first-order valence-corrected chi connectivity index (χ1v) is 9.72. The highest BCUT2D eigenvalue weighted by molar-refractivity contribution is 8.06. The van der Waals surface area contributed by atoms with Gasteiger partial charge in [-0.05, 0) is 24.2 Å². The van der Waals surface area contributed by atoms with Crippen LogP contribution in [0.25, 0.3) is 0 Å². The fourth-order valence-corrected chi connectivity index (χ4v) is 6.87. The van der Waals surface area contributed by atoms with Crippen LogP contribution in [-0.2, 0) is 5.41 Å². The Hall–Kier alpha value is 0.400. The number of fused-ring (bicyclic) bond motifs is 1. The van der Waals surface area contributed by atoms with Crippen molar-refractivity contribution in [3.8, 4) is 0 Å². The van der Waals surface area contributed by atoms with Crippen molar-refractivity contribution in [2.24, 2.45) is 0 Å². The van der Waals surface area contributed by atoms with Crippen LogP contribution in [-0.4, -0.2) is 11.5 Å². The second-order valence-corrected chi connectivity index (χ2v) is 8.96. The molecular weight excluding hydrogens is 276 g/mol. The minimum Gasteiger partial charge on any atom is -0.142 e. The quantitative estimate of drug-likeness (QED) is 0.654. The van der Waals surface area contributed by atoms with Gasteiger partial charge in [0.2, 0.25) is 0 Å². The zero-order valence-electron chi connectivity index (χ0n) is 12.1. The van der Waals surface area contributed by atoms with E-state index < -0.39 is 0 Å². The zero-order chi connectivity index (χ0) is 13.3. The van der Waals surface area contributed by atoms with Crippen molar-refractivity contribution in [3.05, 3.63) is 9.75 Å². The topological polar surface area (TPSA) is 0 Å². The lowest BCUT2D eigenvalue weighted by Gasteiger charge is -2.24. The summed E-state index contributed by atoms with van der Waals surface area (Å²) in [5.41, 5.74) is 0.339. The lowest BCUT2D eigenvalue weighted by atomic mass is 9.88. The highest BCUT2D eigenvalue weighted by atomic mass is 32.2. The van der Waals surface area contributed by atoms with Gasteiger partial charge < -0.3 is 0 Å². The smallest absolute Gasteiger partial charge is 0.0356 e. The molecule has 2 rings (SSSR count). The van der Waals surface area contributed by atoms with E-state index in [-0.39, 0.29) is 0 Å². The Labute approximate surface area is 124 Å². The van der Waals surface area contributed by atoms with Gasteiger partial charge in [-0.1, -0.05) is 34.6 Å². The van der Waals surface area contributed by atoms with Gasteiger partial charge in [-0.2, -0.15) is 0 Å². The van der Waals surface area contributed by atoms with Gasteiger partial charge in [0.05, 0.1) is 0 Å². The Morgan fingerprint density at radius 3 is 2.28 bits per heavy atom. The van der Waals surface area contributed by atoms with Gasteiger partial charge in [-0.3, -0.25) is 0 Å². The van der Waals surface area contributed by atoms with Crippen LogP contribution >= 0.6 is 34.9 Å². The predicted molar refractivity (Wildman–Crippen MR) is 87.8 cm³/mol. The number of rotatable bonds is 4. The van der Waals surface area contributed by atoms with E-state index in [1.807, 2.05) is 0 Å². The molecule has 2 heterocycles. The van der Waals surface area contributed by atoms with E-state index in [1.54, 1.807) is 19.5 Å². The summed E-state index contributed by atoms with van der Waals surface area (Å²) in [6, 6.07) is 0. The number of hydrogen-bond acceptors (Lipinski definition) is 3. The second kappa shape index (κ2) is 5.80. The third-order valence-electron chi connectivity index (χ3n) is 3.98. The summed E-state index contributed by atoms with van der Waals surface area (Å²) in [6.45, 7) is 11.8. The van der Waals surface area contributed by atoms with Crippen LogP contribution in [0.15, 0.2) is 9.79 Å². The van der Waals surface area contributed by atoms with Gasteiger partial charge in [0.25, 0.3) is 0 Å². The molecule has 1 aliphatic rings. The molecule has 3 heteroatoms. The molecule has 0 aliphatic carbocycles. The maximum Gasteiger partial charge on any atom is 0.0356 e. The maximum atomic E-state index is 2.40. The van der Waals surface area contributed by atoms with Crippen molar-refractivity contribution in [3.63, 3.8) is 0 Å². The molecular formula is C15H24S3. The summed E-state index contributed by atoms with van der Waals surface area (Å²) in [5.74, 6) is 3.28. The third-order valence-corrected chi connectivity index (χ3v) is 8.64. The zero-order valence-corrected chi connectivity index (χ0v) is 14.6. The van der Waals surface area contributed by atoms with E-state index in [1.165, 1.54) is 24.3 Å². The van der Waals surface area contributed by atoms with Crippen LogP contribution in [0.2, 0.25) is 0 Å². The number of hydrogen-bond donors (Lipinski definition) is 0. The second-order valence-electron chi connectivity index (χ2n) is 5.70. The molecule has 0 bridgehead atoms. The normalized spacial score (nSPS) is 17.6. The van der Waals surface area contributed by atoms with Crippen LogP contribution in [0.4, 0.5) is 0 Å². The Morgan fingerprint density at radius 1 is 1.11 bits per heavy atom. The standard InChI is InChI=1S/C15H24S3/c1-6-10(3)11-12-13(17-9-8-16-12)14(18-11)15(4,5)7-2/h10H,6-9H2,1-5H3. The van der Waals surface area contributed by atoms with Crippen LogP contribution in [0, 0.1) is 0 Å². The molecule has 0 aromatic carbocycles.